The van der Waals surface area contributed by atoms with Crippen molar-refractivity contribution in [3.05, 3.63) is 176 Å². The van der Waals surface area contributed by atoms with Gasteiger partial charge >= 0.3 is 0 Å². The molecular formula is C42H29N2OP. The van der Waals surface area contributed by atoms with Crippen LogP contribution in [0.15, 0.2) is 176 Å². The normalized spacial score (nSPS) is 12.4. The lowest BCUT2D eigenvalue weighted by atomic mass is 10.0. The van der Waals surface area contributed by atoms with E-state index in [0.717, 1.165) is 49.8 Å². The van der Waals surface area contributed by atoms with Crippen molar-refractivity contribution >= 4 is 61.9 Å². The second-order valence-electron chi connectivity index (χ2n) is 11.7. The van der Waals surface area contributed by atoms with Crippen LogP contribution in [0.25, 0.3) is 38.6 Å². The summed E-state index contributed by atoms with van der Waals surface area (Å²) in [7, 11) is -3.11. The molecule has 0 N–H and O–H groups in total. The molecule has 2 heterocycles. The van der Waals surface area contributed by atoms with E-state index in [4.69, 9.17) is 0 Å². The van der Waals surface area contributed by atoms with Crippen molar-refractivity contribution in [3.63, 3.8) is 0 Å². The number of hydrogen-bond acceptors (Lipinski definition) is 2. The van der Waals surface area contributed by atoms with Gasteiger partial charge in [0.15, 0.2) is 7.14 Å². The van der Waals surface area contributed by atoms with Gasteiger partial charge < -0.3 is 14.0 Å². The fraction of sp³-hybridized carbons (Fsp3) is 0. The van der Waals surface area contributed by atoms with Crippen LogP contribution in [0.3, 0.4) is 0 Å². The molecular weight excluding hydrogens is 579 g/mol. The minimum atomic E-state index is -3.11. The second kappa shape index (κ2) is 10.5. The Morgan fingerprint density at radius 2 is 1.00 bits per heavy atom. The van der Waals surface area contributed by atoms with Gasteiger partial charge in [-0.3, -0.25) is 0 Å². The van der Waals surface area contributed by atoms with Crippen LogP contribution in [0.2, 0.25) is 0 Å². The van der Waals surface area contributed by atoms with Crippen molar-refractivity contribution in [2.24, 2.45) is 0 Å². The van der Waals surface area contributed by atoms with Crippen molar-refractivity contribution in [1.29, 1.82) is 0 Å². The molecule has 1 aliphatic heterocycles. The Morgan fingerprint density at radius 1 is 0.413 bits per heavy atom. The van der Waals surface area contributed by atoms with Gasteiger partial charge in [0.2, 0.25) is 0 Å². The van der Waals surface area contributed by atoms with Gasteiger partial charge in [-0.05, 0) is 53.6 Å². The molecule has 0 unspecified atom stereocenters. The number of anilines is 3. The summed E-state index contributed by atoms with van der Waals surface area (Å²) in [4.78, 5) is 2.38. The van der Waals surface area contributed by atoms with Crippen LogP contribution in [0.4, 0.5) is 17.1 Å². The first-order valence-electron chi connectivity index (χ1n) is 15.6. The maximum Gasteiger partial charge on any atom is 0.171 e. The molecule has 4 heteroatoms. The van der Waals surface area contributed by atoms with Gasteiger partial charge in [0.05, 0.1) is 28.1 Å². The Balaban J connectivity index is 1.27. The van der Waals surface area contributed by atoms with Gasteiger partial charge in [-0.25, -0.2) is 0 Å². The van der Waals surface area contributed by atoms with Crippen molar-refractivity contribution in [3.8, 4) is 16.8 Å². The van der Waals surface area contributed by atoms with Gasteiger partial charge in [0.25, 0.3) is 0 Å². The van der Waals surface area contributed by atoms with Gasteiger partial charge in [-0.15, -0.1) is 0 Å². The van der Waals surface area contributed by atoms with Crippen LogP contribution < -0.4 is 20.8 Å². The van der Waals surface area contributed by atoms with E-state index >= 15 is 4.57 Å². The zero-order valence-corrected chi connectivity index (χ0v) is 25.9. The number of para-hydroxylation sites is 3. The summed E-state index contributed by atoms with van der Waals surface area (Å²) in [6.07, 6.45) is 0. The fourth-order valence-electron chi connectivity index (χ4n) is 7.09. The molecule has 0 saturated heterocycles. The first kappa shape index (κ1) is 26.7. The molecule has 7 aromatic carbocycles. The predicted octanol–water partition coefficient (Wildman–Crippen LogP) is 9.87. The molecule has 0 aliphatic carbocycles. The van der Waals surface area contributed by atoms with E-state index < -0.39 is 7.14 Å². The molecule has 1 aliphatic rings. The summed E-state index contributed by atoms with van der Waals surface area (Å²) in [6.45, 7) is 0. The van der Waals surface area contributed by atoms with Crippen molar-refractivity contribution in [2.75, 3.05) is 4.90 Å². The molecule has 0 amide bonds. The SMILES string of the molecule is O=P(c1ccccc1)(c1ccccc1)c1cccc(-c2ccc3c(c2)N(c2ccccc2)c2cccc4c5ccccc5n-3c24)c1. The molecule has 0 atom stereocenters. The summed E-state index contributed by atoms with van der Waals surface area (Å²) < 4.78 is 17.6. The molecule has 1 aromatic heterocycles. The largest absolute Gasteiger partial charge is 0.309 e. The summed E-state index contributed by atoms with van der Waals surface area (Å²) in [6, 6.07) is 60.6. The lowest BCUT2D eigenvalue weighted by Crippen LogP contribution is -2.25. The van der Waals surface area contributed by atoms with Crippen LogP contribution in [0, 0.1) is 0 Å². The molecule has 9 rings (SSSR count). The maximum absolute atomic E-state index is 15.2. The number of rotatable bonds is 5. The van der Waals surface area contributed by atoms with Crippen molar-refractivity contribution < 1.29 is 4.57 Å². The number of nitrogens with zero attached hydrogens (tertiary/aromatic N) is 2. The third kappa shape index (κ3) is 3.96. The van der Waals surface area contributed by atoms with E-state index in [1.165, 1.54) is 21.8 Å². The average Bonchev–Trinajstić information content (AvgIpc) is 3.48. The summed E-state index contributed by atoms with van der Waals surface area (Å²) >= 11 is 0. The van der Waals surface area contributed by atoms with Crippen LogP contribution in [-0.4, -0.2) is 4.57 Å². The Kier molecular flexibility index (Phi) is 6.09. The van der Waals surface area contributed by atoms with Gasteiger partial charge in [-0.2, -0.15) is 0 Å². The Labute approximate surface area is 268 Å². The molecule has 3 nitrogen and oxygen atoms in total. The minimum Gasteiger partial charge on any atom is -0.309 e. The lowest BCUT2D eigenvalue weighted by molar-refractivity contribution is 0.592. The zero-order chi connectivity index (χ0) is 30.7. The fourth-order valence-corrected chi connectivity index (χ4v) is 9.79. The van der Waals surface area contributed by atoms with E-state index in [1.807, 2.05) is 72.8 Å². The standard InChI is InChI=1S/C42H29N2OP/c45-46(33-17-6-2-7-18-33,34-19-8-3-9-20-34)35-21-12-14-30(28-35)31-26-27-39-41(29-31)43(32-15-4-1-5-16-32)40-25-13-23-37-36-22-10-11-24-38(36)44(39)42(37)40/h1-29H. The summed E-state index contributed by atoms with van der Waals surface area (Å²) in [5, 5.41) is 4.98. The number of benzene rings is 7. The minimum absolute atomic E-state index is 0.823. The Morgan fingerprint density at radius 3 is 1.74 bits per heavy atom. The molecule has 0 saturated carbocycles. The van der Waals surface area contributed by atoms with Crippen molar-refractivity contribution in [1.82, 2.24) is 4.57 Å². The van der Waals surface area contributed by atoms with Crippen LogP contribution in [-0.2, 0) is 4.57 Å². The third-order valence-corrected chi connectivity index (χ3v) is 12.2. The van der Waals surface area contributed by atoms with Gasteiger partial charge in [0.1, 0.15) is 0 Å². The first-order valence-corrected chi connectivity index (χ1v) is 17.3. The monoisotopic (exact) mass is 608 g/mol. The summed E-state index contributed by atoms with van der Waals surface area (Å²) in [5.74, 6) is 0. The number of hydrogen-bond donors (Lipinski definition) is 0. The molecule has 0 fully saturated rings. The molecule has 8 aromatic rings. The maximum atomic E-state index is 15.2. The quantitative estimate of drug-likeness (QED) is 0.182. The van der Waals surface area contributed by atoms with E-state index in [2.05, 4.69) is 113 Å². The Bertz CT molecular complexity index is 2410. The molecule has 0 radical (unpaired) electrons. The molecule has 46 heavy (non-hydrogen) atoms. The van der Waals surface area contributed by atoms with Crippen LogP contribution >= 0.6 is 7.14 Å². The van der Waals surface area contributed by atoms with Crippen molar-refractivity contribution in [2.45, 2.75) is 0 Å². The summed E-state index contributed by atoms with van der Waals surface area (Å²) in [5.41, 5.74) is 9.00. The van der Waals surface area contributed by atoms with Crippen LogP contribution in [0.5, 0.6) is 0 Å². The smallest absolute Gasteiger partial charge is 0.171 e. The van der Waals surface area contributed by atoms with Gasteiger partial charge in [0, 0.05) is 32.4 Å². The van der Waals surface area contributed by atoms with Gasteiger partial charge in [-0.1, -0.05) is 133 Å². The molecule has 0 spiro atoms. The van der Waals surface area contributed by atoms with E-state index in [9.17, 15) is 0 Å². The first-order chi connectivity index (χ1) is 22.7. The lowest BCUT2D eigenvalue weighted by Gasteiger charge is -2.33. The topological polar surface area (TPSA) is 25.2 Å². The Hall–Kier alpha value is -5.63. The third-order valence-electron chi connectivity index (χ3n) is 9.17. The average molecular weight is 609 g/mol. The van der Waals surface area contributed by atoms with E-state index in [0.29, 0.717) is 0 Å². The highest BCUT2D eigenvalue weighted by molar-refractivity contribution is 7.85. The number of fused-ring (bicyclic) bond motifs is 5. The zero-order valence-electron chi connectivity index (χ0n) is 25.0. The second-order valence-corrected chi connectivity index (χ2v) is 14.5. The molecule has 0 bridgehead atoms. The molecule has 218 valence electrons. The highest BCUT2D eigenvalue weighted by Gasteiger charge is 2.31. The van der Waals surface area contributed by atoms with E-state index in [1.54, 1.807) is 0 Å². The highest BCUT2D eigenvalue weighted by atomic mass is 31.2. The highest BCUT2D eigenvalue weighted by Crippen LogP contribution is 2.50. The van der Waals surface area contributed by atoms with Crippen LogP contribution in [0.1, 0.15) is 0 Å². The number of aromatic nitrogens is 1. The predicted molar refractivity (Wildman–Crippen MR) is 194 cm³/mol. The van der Waals surface area contributed by atoms with E-state index in [-0.39, 0.29) is 0 Å².